The maximum Gasteiger partial charge on any atom is 0.0817 e. The van der Waals surface area contributed by atoms with Crippen LogP contribution in [-0.4, -0.2) is 24.3 Å². The maximum atomic E-state index is 6.97. The lowest BCUT2D eigenvalue weighted by molar-refractivity contribution is 0.452. The number of hydrogen-bond acceptors (Lipinski definition) is 1. The standard InChI is InChI=1S/C7H12N2/c8-7-9-5-3-1-2-4-6-9/h1-2,7-8H,3-6H2. The molecule has 0 unspecified atom stereocenters. The van der Waals surface area contributed by atoms with Gasteiger partial charge in [0.2, 0.25) is 0 Å². The Hall–Kier alpha value is -0.790. The van der Waals surface area contributed by atoms with E-state index in [1.165, 1.54) is 6.34 Å². The summed E-state index contributed by atoms with van der Waals surface area (Å²) in [6, 6.07) is 0. The van der Waals surface area contributed by atoms with Crippen molar-refractivity contribution < 1.29 is 0 Å². The lowest BCUT2D eigenvalue weighted by Gasteiger charge is -2.13. The van der Waals surface area contributed by atoms with Gasteiger partial charge in [-0.25, -0.2) is 0 Å². The van der Waals surface area contributed by atoms with Gasteiger partial charge in [-0.2, -0.15) is 0 Å². The van der Waals surface area contributed by atoms with Gasteiger partial charge >= 0.3 is 0 Å². The van der Waals surface area contributed by atoms with Gasteiger partial charge in [-0.1, -0.05) is 12.2 Å². The second-order valence-electron chi connectivity index (χ2n) is 2.21. The summed E-state index contributed by atoms with van der Waals surface area (Å²) in [7, 11) is 0. The highest BCUT2D eigenvalue weighted by Crippen LogP contribution is 1.98. The SMILES string of the molecule is N=CN1CCC=CCC1. The maximum absolute atomic E-state index is 6.97. The zero-order chi connectivity index (χ0) is 6.53. The second kappa shape index (κ2) is 3.28. The molecule has 1 heterocycles. The number of nitrogens with one attached hydrogen (secondary N) is 1. The number of rotatable bonds is 1. The fraction of sp³-hybridized carbons (Fsp3) is 0.571. The van der Waals surface area contributed by atoms with Gasteiger partial charge in [-0.05, 0) is 12.8 Å². The van der Waals surface area contributed by atoms with Crippen LogP contribution in [-0.2, 0) is 0 Å². The summed E-state index contributed by atoms with van der Waals surface area (Å²) in [6.07, 6.45) is 7.98. The zero-order valence-corrected chi connectivity index (χ0v) is 5.51. The van der Waals surface area contributed by atoms with Crippen LogP contribution >= 0.6 is 0 Å². The first-order valence-corrected chi connectivity index (χ1v) is 3.33. The molecule has 2 heteroatoms. The largest absolute Gasteiger partial charge is 0.363 e. The number of hydrogen-bond donors (Lipinski definition) is 1. The van der Waals surface area contributed by atoms with Crippen molar-refractivity contribution in [2.45, 2.75) is 12.8 Å². The second-order valence-corrected chi connectivity index (χ2v) is 2.21. The molecule has 1 rings (SSSR count). The van der Waals surface area contributed by atoms with E-state index in [-0.39, 0.29) is 0 Å². The van der Waals surface area contributed by atoms with Crippen LogP contribution in [0.15, 0.2) is 12.2 Å². The molecule has 0 spiro atoms. The van der Waals surface area contributed by atoms with Crippen LogP contribution < -0.4 is 0 Å². The summed E-state index contributed by atoms with van der Waals surface area (Å²) in [5.41, 5.74) is 0. The van der Waals surface area contributed by atoms with E-state index in [0.29, 0.717) is 0 Å². The summed E-state index contributed by atoms with van der Waals surface area (Å²) >= 11 is 0. The minimum Gasteiger partial charge on any atom is -0.363 e. The Bertz CT molecular complexity index is 108. The molecule has 0 aliphatic carbocycles. The van der Waals surface area contributed by atoms with E-state index >= 15 is 0 Å². The Morgan fingerprint density at radius 3 is 2.22 bits per heavy atom. The van der Waals surface area contributed by atoms with Gasteiger partial charge < -0.3 is 4.90 Å². The van der Waals surface area contributed by atoms with Crippen molar-refractivity contribution in [1.29, 1.82) is 5.41 Å². The summed E-state index contributed by atoms with van der Waals surface area (Å²) in [4.78, 5) is 2.03. The molecule has 1 aliphatic heterocycles. The molecule has 0 fully saturated rings. The molecule has 0 radical (unpaired) electrons. The van der Waals surface area contributed by atoms with E-state index < -0.39 is 0 Å². The monoisotopic (exact) mass is 124 g/mol. The molecular formula is C7H12N2. The highest BCUT2D eigenvalue weighted by atomic mass is 15.1. The Labute approximate surface area is 55.7 Å². The molecule has 0 aromatic heterocycles. The summed E-state index contributed by atoms with van der Waals surface area (Å²) in [5.74, 6) is 0. The van der Waals surface area contributed by atoms with Gasteiger partial charge in [0.05, 0.1) is 6.34 Å². The molecule has 50 valence electrons. The van der Waals surface area contributed by atoms with Crippen molar-refractivity contribution in [3.63, 3.8) is 0 Å². The Morgan fingerprint density at radius 2 is 1.78 bits per heavy atom. The van der Waals surface area contributed by atoms with Crippen LogP contribution in [0.3, 0.4) is 0 Å². The van der Waals surface area contributed by atoms with Gasteiger partial charge in [0, 0.05) is 13.1 Å². The molecule has 0 bridgehead atoms. The van der Waals surface area contributed by atoms with Crippen molar-refractivity contribution in [1.82, 2.24) is 4.90 Å². The molecule has 2 nitrogen and oxygen atoms in total. The fourth-order valence-electron chi connectivity index (χ4n) is 0.957. The van der Waals surface area contributed by atoms with Crippen molar-refractivity contribution in [2.75, 3.05) is 13.1 Å². The number of nitrogens with zero attached hydrogens (tertiary/aromatic N) is 1. The highest BCUT2D eigenvalue weighted by Gasteiger charge is 1.98. The predicted molar refractivity (Wildman–Crippen MR) is 38.7 cm³/mol. The van der Waals surface area contributed by atoms with Crippen LogP contribution in [0.2, 0.25) is 0 Å². The average Bonchev–Trinajstić information content (AvgIpc) is 2.13. The zero-order valence-electron chi connectivity index (χ0n) is 5.51. The van der Waals surface area contributed by atoms with Gasteiger partial charge in [0.15, 0.2) is 0 Å². The van der Waals surface area contributed by atoms with E-state index in [2.05, 4.69) is 12.2 Å². The third-order valence-electron chi connectivity index (χ3n) is 1.52. The summed E-state index contributed by atoms with van der Waals surface area (Å²) in [5, 5.41) is 6.97. The topological polar surface area (TPSA) is 27.1 Å². The minimum atomic E-state index is 1.01. The molecular weight excluding hydrogens is 112 g/mol. The summed E-state index contributed by atoms with van der Waals surface area (Å²) < 4.78 is 0. The van der Waals surface area contributed by atoms with E-state index in [1.54, 1.807) is 0 Å². The average molecular weight is 124 g/mol. The van der Waals surface area contributed by atoms with Gasteiger partial charge in [0.25, 0.3) is 0 Å². The molecule has 0 saturated heterocycles. The van der Waals surface area contributed by atoms with E-state index in [4.69, 9.17) is 5.41 Å². The fourth-order valence-corrected chi connectivity index (χ4v) is 0.957. The summed E-state index contributed by atoms with van der Waals surface area (Å²) in [6.45, 7) is 2.03. The molecule has 9 heavy (non-hydrogen) atoms. The predicted octanol–water partition coefficient (Wildman–Crippen LogP) is 1.25. The lowest BCUT2D eigenvalue weighted by atomic mass is 10.4. The quantitative estimate of drug-likeness (QED) is 0.318. The molecule has 0 atom stereocenters. The first-order chi connectivity index (χ1) is 4.43. The Morgan fingerprint density at radius 1 is 1.22 bits per heavy atom. The first kappa shape index (κ1) is 6.33. The van der Waals surface area contributed by atoms with Crippen molar-refractivity contribution in [2.24, 2.45) is 0 Å². The molecule has 0 aromatic carbocycles. The Kier molecular flexibility index (Phi) is 2.31. The third-order valence-corrected chi connectivity index (χ3v) is 1.52. The minimum absolute atomic E-state index is 1.01. The first-order valence-electron chi connectivity index (χ1n) is 3.33. The van der Waals surface area contributed by atoms with Crippen molar-refractivity contribution >= 4 is 6.34 Å². The van der Waals surface area contributed by atoms with E-state index in [0.717, 1.165) is 25.9 Å². The molecule has 0 aromatic rings. The highest BCUT2D eigenvalue weighted by molar-refractivity contribution is 5.50. The lowest BCUT2D eigenvalue weighted by Crippen LogP contribution is -2.21. The van der Waals surface area contributed by atoms with Gasteiger partial charge in [-0.3, -0.25) is 5.41 Å². The molecule has 0 saturated carbocycles. The van der Waals surface area contributed by atoms with Crippen molar-refractivity contribution in [3.05, 3.63) is 12.2 Å². The van der Waals surface area contributed by atoms with Crippen LogP contribution in [0.5, 0.6) is 0 Å². The molecule has 1 N–H and O–H groups in total. The van der Waals surface area contributed by atoms with Gasteiger partial charge in [0.1, 0.15) is 0 Å². The van der Waals surface area contributed by atoms with Crippen LogP contribution in [0.25, 0.3) is 0 Å². The van der Waals surface area contributed by atoms with E-state index in [1.807, 2.05) is 4.90 Å². The van der Waals surface area contributed by atoms with Crippen LogP contribution in [0.1, 0.15) is 12.8 Å². The third kappa shape index (κ3) is 1.88. The molecule has 1 aliphatic rings. The van der Waals surface area contributed by atoms with Crippen LogP contribution in [0, 0.1) is 5.41 Å². The normalized spacial score (nSPS) is 19.3. The van der Waals surface area contributed by atoms with Gasteiger partial charge in [-0.15, -0.1) is 0 Å². The van der Waals surface area contributed by atoms with Crippen LogP contribution in [0.4, 0.5) is 0 Å². The smallest absolute Gasteiger partial charge is 0.0817 e. The van der Waals surface area contributed by atoms with Crippen molar-refractivity contribution in [3.8, 4) is 0 Å². The van der Waals surface area contributed by atoms with E-state index in [9.17, 15) is 0 Å². The Balaban J connectivity index is 2.34. The molecule has 0 amide bonds.